The number of nitrogens with two attached hydrogens (primary N) is 1. The van der Waals surface area contributed by atoms with Gasteiger partial charge in [0, 0.05) is 11.6 Å². The molecule has 4 rings (SSSR count). The molecule has 3 aliphatic rings. The zero-order valence-electron chi connectivity index (χ0n) is 14.6. The smallest absolute Gasteiger partial charge is 0.0936 e. The molecule has 134 valence electrons. The van der Waals surface area contributed by atoms with E-state index in [4.69, 9.17) is 38.7 Å². The average Bonchev–Trinajstić information content (AvgIpc) is 3.02. The lowest BCUT2D eigenvalue weighted by Gasteiger charge is -2.37. The Kier molecular flexibility index (Phi) is 4.38. The van der Waals surface area contributed by atoms with Gasteiger partial charge in [-0.1, -0.05) is 32.1 Å². The van der Waals surface area contributed by atoms with Crippen molar-refractivity contribution < 1.29 is 4.74 Å². The van der Waals surface area contributed by atoms with Gasteiger partial charge in [-0.3, -0.25) is 4.98 Å². The first-order chi connectivity index (χ1) is 11.9. The molecule has 1 aliphatic carbocycles. The maximum absolute atomic E-state index is 6.67. The number of alkyl halides is 2. The van der Waals surface area contributed by atoms with Crippen LogP contribution in [0.1, 0.15) is 50.4 Å². The fourth-order valence-corrected chi connectivity index (χ4v) is 4.92. The predicted octanol–water partition coefficient (Wildman–Crippen LogP) is 4.89. The highest BCUT2D eigenvalue weighted by molar-refractivity contribution is 6.25. The maximum atomic E-state index is 6.67. The van der Waals surface area contributed by atoms with Crippen LogP contribution in [0.25, 0.3) is 5.57 Å². The minimum Gasteiger partial charge on any atom is -0.397 e. The number of ether oxygens (including phenoxy) is 1. The topological polar surface area (TPSA) is 48.1 Å². The summed E-state index contributed by atoms with van der Waals surface area (Å²) in [5.41, 5.74) is 10.4. The Morgan fingerprint density at radius 3 is 2.44 bits per heavy atom. The minimum absolute atomic E-state index is 0.0536. The SMILES string of the molecule is CC1(C)CC=C(c2nc(C3C(Cl)C4C=CC(O4)C3Cl)ccc2N)CC1. The normalized spacial score (nSPS) is 36.3. The van der Waals surface area contributed by atoms with Gasteiger partial charge in [-0.2, -0.15) is 0 Å². The highest BCUT2D eigenvalue weighted by Crippen LogP contribution is 2.44. The number of nitrogen functional groups attached to an aromatic ring is 1. The number of aromatic nitrogens is 1. The molecule has 1 aromatic heterocycles. The van der Waals surface area contributed by atoms with Crippen molar-refractivity contribution in [2.75, 3.05) is 5.73 Å². The molecule has 3 heterocycles. The second-order valence-corrected chi connectivity index (χ2v) is 9.14. The molecular weight excluding hydrogens is 355 g/mol. The third-order valence-electron chi connectivity index (χ3n) is 5.68. The summed E-state index contributed by atoms with van der Waals surface area (Å²) in [5, 5.41) is -0.443. The fraction of sp³-hybridized carbons (Fsp3) is 0.550. The van der Waals surface area contributed by atoms with Gasteiger partial charge in [0.25, 0.3) is 0 Å². The van der Waals surface area contributed by atoms with Crippen molar-refractivity contribution >= 4 is 34.5 Å². The lowest BCUT2D eigenvalue weighted by atomic mass is 9.77. The first kappa shape index (κ1) is 17.4. The summed E-state index contributed by atoms with van der Waals surface area (Å²) in [7, 11) is 0. The lowest BCUT2D eigenvalue weighted by molar-refractivity contribution is 0.0165. The molecule has 1 saturated heterocycles. The van der Waals surface area contributed by atoms with Crippen LogP contribution in [0.5, 0.6) is 0 Å². The second kappa shape index (κ2) is 6.29. The van der Waals surface area contributed by atoms with Crippen molar-refractivity contribution in [3.8, 4) is 0 Å². The number of pyridine rings is 1. The number of halogens is 2. The molecule has 25 heavy (non-hydrogen) atoms. The molecule has 0 saturated carbocycles. The van der Waals surface area contributed by atoms with Crippen molar-refractivity contribution in [2.45, 2.75) is 62.0 Å². The molecular formula is C20H24Cl2N2O. The van der Waals surface area contributed by atoms with Gasteiger partial charge in [-0.15, -0.1) is 23.2 Å². The average molecular weight is 379 g/mol. The van der Waals surface area contributed by atoms with Gasteiger partial charge < -0.3 is 10.5 Å². The Balaban J connectivity index is 1.67. The lowest BCUT2D eigenvalue weighted by Crippen LogP contribution is -2.44. The standard InChI is InChI=1S/C20H24Cl2N2O/c1-20(2)9-7-11(8-10-20)19-12(23)3-4-13(24-19)16-17(21)14-5-6-15(25-14)18(16)22/h3-7,14-18H,8-10,23H2,1-2H3. The third-order valence-corrected chi connectivity index (χ3v) is 6.72. The van der Waals surface area contributed by atoms with Crippen LogP contribution < -0.4 is 5.73 Å². The van der Waals surface area contributed by atoms with Crippen LogP contribution in [0, 0.1) is 5.41 Å². The molecule has 4 unspecified atom stereocenters. The van der Waals surface area contributed by atoms with E-state index in [9.17, 15) is 0 Å². The molecule has 1 aromatic rings. The van der Waals surface area contributed by atoms with E-state index in [1.165, 1.54) is 5.57 Å². The molecule has 4 atom stereocenters. The number of fused-ring (bicyclic) bond motifs is 2. The third kappa shape index (κ3) is 3.11. The molecule has 2 bridgehead atoms. The van der Waals surface area contributed by atoms with Crippen LogP contribution in [0.3, 0.4) is 0 Å². The highest BCUT2D eigenvalue weighted by atomic mass is 35.5. The van der Waals surface area contributed by atoms with E-state index >= 15 is 0 Å². The Morgan fingerprint density at radius 1 is 1.16 bits per heavy atom. The molecule has 0 aromatic carbocycles. The van der Waals surface area contributed by atoms with Crippen molar-refractivity contribution in [1.82, 2.24) is 4.98 Å². The van der Waals surface area contributed by atoms with E-state index in [1.54, 1.807) is 0 Å². The summed E-state index contributed by atoms with van der Waals surface area (Å²) < 4.78 is 5.83. The van der Waals surface area contributed by atoms with Gasteiger partial charge in [0.1, 0.15) is 0 Å². The number of allylic oxidation sites excluding steroid dienone is 2. The number of rotatable bonds is 2. The summed E-state index contributed by atoms with van der Waals surface area (Å²) in [6.45, 7) is 4.60. The molecule has 0 radical (unpaired) electrons. The van der Waals surface area contributed by atoms with Crippen molar-refractivity contribution in [3.63, 3.8) is 0 Å². The van der Waals surface area contributed by atoms with Gasteiger partial charge in [0.05, 0.1) is 34.3 Å². The number of anilines is 1. The first-order valence-electron chi connectivity index (χ1n) is 8.93. The highest BCUT2D eigenvalue weighted by Gasteiger charge is 2.46. The minimum atomic E-state index is -0.222. The summed E-state index contributed by atoms with van der Waals surface area (Å²) in [4.78, 5) is 4.92. The molecule has 0 amide bonds. The van der Waals surface area contributed by atoms with E-state index in [0.29, 0.717) is 5.41 Å². The second-order valence-electron chi connectivity index (χ2n) is 8.14. The number of hydrogen-bond donors (Lipinski definition) is 1. The fourth-order valence-electron chi connectivity index (χ4n) is 3.98. The van der Waals surface area contributed by atoms with Gasteiger partial charge in [0.2, 0.25) is 0 Å². The van der Waals surface area contributed by atoms with Crippen LogP contribution in [0.4, 0.5) is 5.69 Å². The van der Waals surface area contributed by atoms with E-state index in [0.717, 1.165) is 36.3 Å². The zero-order valence-corrected chi connectivity index (χ0v) is 16.1. The Labute approximate surface area is 159 Å². The van der Waals surface area contributed by atoms with Gasteiger partial charge in [-0.25, -0.2) is 0 Å². The summed E-state index contributed by atoms with van der Waals surface area (Å²) in [5.74, 6) is -0.0536. The van der Waals surface area contributed by atoms with Gasteiger partial charge in [-0.05, 0) is 42.4 Å². The zero-order chi connectivity index (χ0) is 17.8. The van der Waals surface area contributed by atoms with Gasteiger partial charge >= 0.3 is 0 Å². The summed E-state index contributed by atoms with van der Waals surface area (Å²) in [6, 6.07) is 3.91. The quantitative estimate of drug-likeness (QED) is 0.588. The maximum Gasteiger partial charge on any atom is 0.0936 e. The van der Waals surface area contributed by atoms with E-state index < -0.39 is 0 Å². The Hall–Kier alpha value is -1.03. The van der Waals surface area contributed by atoms with Crippen molar-refractivity contribution in [1.29, 1.82) is 0 Å². The van der Waals surface area contributed by atoms with E-state index in [-0.39, 0.29) is 28.9 Å². The predicted molar refractivity (Wildman–Crippen MR) is 104 cm³/mol. The summed E-state index contributed by atoms with van der Waals surface area (Å²) in [6.07, 6.45) is 9.33. The molecule has 0 spiro atoms. The van der Waals surface area contributed by atoms with Crippen LogP contribution in [0.2, 0.25) is 0 Å². The monoisotopic (exact) mass is 378 g/mol. The number of nitrogens with zero attached hydrogens (tertiary/aromatic N) is 1. The molecule has 5 heteroatoms. The Bertz CT molecular complexity index is 725. The number of hydrogen-bond acceptors (Lipinski definition) is 3. The van der Waals surface area contributed by atoms with Gasteiger partial charge in [0.15, 0.2) is 0 Å². The van der Waals surface area contributed by atoms with Crippen molar-refractivity contribution in [3.05, 3.63) is 41.7 Å². The first-order valence-corrected chi connectivity index (χ1v) is 9.81. The largest absolute Gasteiger partial charge is 0.397 e. The Morgan fingerprint density at radius 2 is 1.84 bits per heavy atom. The van der Waals surface area contributed by atoms with E-state index in [1.807, 2.05) is 24.3 Å². The van der Waals surface area contributed by atoms with Crippen LogP contribution in [-0.4, -0.2) is 27.9 Å². The molecule has 1 fully saturated rings. The molecule has 3 nitrogen and oxygen atoms in total. The van der Waals surface area contributed by atoms with Crippen LogP contribution >= 0.6 is 23.2 Å². The van der Waals surface area contributed by atoms with E-state index in [2.05, 4.69) is 19.9 Å². The molecule has 2 aliphatic heterocycles. The van der Waals surface area contributed by atoms with Crippen molar-refractivity contribution in [2.24, 2.45) is 5.41 Å². The summed E-state index contributed by atoms with van der Waals surface area (Å²) >= 11 is 13.3. The van der Waals surface area contributed by atoms with Crippen LogP contribution in [-0.2, 0) is 4.74 Å². The molecule has 2 N–H and O–H groups in total. The van der Waals surface area contributed by atoms with Crippen LogP contribution in [0.15, 0.2) is 30.4 Å².